The SMILES string of the molecule is Cc1cccc2sc(NC(=O)[C@@H](NS(=O)(=O)c3cccs3)C(C)C)nc12. The number of aryl methyl sites for hydroxylation is 1. The van der Waals surface area contributed by atoms with E-state index in [4.69, 9.17) is 0 Å². The van der Waals surface area contributed by atoms with Crippen LogP contribution in [0.2, 0.25) is 0 Å². The first-order valence-corrected chi connectivity index (χ1v) is 11.2. The van der Waals surface area contributed by atoms with Crippen LogP contribution in [0.5, 0.6) is 0 Å². The van der Waals surface area contributed by atoms with E-state index in [1.807, 2.05) is 25.1 Å². The van der Waals surface area contributed by atoms with Gasteiger partial charge in [-0.2, -0.15) is 4.72 Å². The van der Waals surface area contributed by atoms with Crippen molar-refractivity contribution in [3.63, 3.8) is 0 Å². The quantitative estimate of drug-likeness (QED) is 0.651. The third-order valence-electron chi connectivity index (χ3n) is 3.84. The van der Waals surface area contributed by atoms with Gasteiger partial charge in [-0.25, -0.2) is 13.4 Å². The summed E-state index contributed by atoms with van der Waals surface area (Å²) in [5.74, 6) is -0.641. The Labute approximate surface area is 160 Å². The minimum Gasteiger partial charge on any atom is -0.301 e. The van der Waals surface area contributed by atoms with Crippen molar-refractivity contribution in [3.8, 4) is 0 Å². The van der Waals surface area contributed by atoms with E-state index in [0.29, 0.717) is 5.13 Å². The first kappa shape index (κ1) is 19.0. The predicted octanol–water partition coefficient (Wildman–Crippen LogP) is 3.61. The van der Waals surface area contributed by atoms with Gasteiger partial charge in [-0.15, -0.1) is 11.3 Å². The van der Waals surface area contributed by atoms with Crippen LogP contribution in [0.4, 0.5) is 5.13 Å². The van der Waals surface area contributed by atoms with E-state index in [-0.39, 0.29) is 10.1 Å². The van der Waals surface area contributed by atoms with E-state index in [9.17, 15) is 13.2 Å². The monoisotopic (exact) mass is 409 g/mol. The number of para-hydroxylation sites is 1. The number of carbonyl (C=O) groups is 1. The van der Waals surface area contributed by atoms with Crippen molar-refractivity contribution in [2.24, 2.45) is 5.92 Å². The lowest BCUT2D eigenvalue weighted by molar-refractivity contribution is -0.118. The van der Waals surface area contributed by atoms with Crippen LogP contribution in [0.15, 0.2) is 39.9 Å². The third kappa shape index (κ3) is 3.96. The van der Waals surface area contributed by atoms with Crippen LogP contribution in [0.3, 0.4) is 0 Å². The highest BCUT2D eigenvalue weighted by Crippen LogP contribution is 2.28. The Morgan fingerprint density at radius 1 is 1.19 bits per heavy atom. The van der Waals surface area contributed by atoms with Crippen molar-refractivity contribution >= 4 is 54.0 Å². The number of hydrogen-bond donors (Lipinski definition) is 2. The number of benzene rings is 1. The van der Waals surface area contributed by atoms with Crippen molar-refractivity contribution in [1.29, 1.82) is 0 Å². The lowest BCUT2D eigenvalue weighted by Crippen LogP contribution is -2.46. The molecule has 1 amide bonds. The topological polar surface area (TPSA) is 88.2 Å². The lowest BCUT2D eigenvalue weighted by Gasteiger charge is -2.20. The first-order valence-electron chi connectivity index (χ1n) is 8.01. The van der Waals surface area contributed by atoms with Gasteiger partial charge >= 0.3 is 0 Å². The number of nitrogens with zero attached hydrogens (tertiary/aromatic N) is 1. The summed E-state index contributed by atoms with van der Waals surface area (Å²) in [6, 6.07) is 8.11. The van der Waals surface area contributed by atoms with Gasteiger partial charge in [0.1, 0.15) is 10.3 Å². The summed E-state index contributed by atoms with van der Waals surface area (Å²) >= 11 is 2.48. The molecule has 6 nitrogen and oxygen atoms in total. The lowest BCUT2D eigenvalue weighted by atomic mass is 10.1. The minimum absolute atomic E-state index is 0.187. The van der Waals surface area contributed by atoms with Crippen molar-refractivity contribution in [3.05, 3.63) is 41.3 Å². The molecule has 0 aliphatic rings. The zero-order valence-corrected chi connectivity index (χ0v) is 17.0. The molecule has 1 atom stereocenters. The molecule has 138 valence electrons. The van der Waals surface area contributed by atoms with Gasteiger partial charge in [0.25, 0.3) is 10.0 Å². The molecular formula is C17H19N3O3S3. The summed E-state index contributed by atoms with van der Waals surface area (Å²) in [6.07, 6.45) is 0. The average molecular weight is 410 g/mol. The molecule has 2 aromatic heterocycles. The molecule has 0 aliphatic heterocycles. The number of anilines is 1. The van der Waals surface area contributed by atoms with Crippen LogP contribution < -0.4 is 10.0 Å². The van der Waals surface area contributed by atoms with Crippen molar-refractivity contribution in [2.45, 2.75) is 31.0 Å². The molecule has 0 aliphatic carbocycles. The number of thiazole rings is 1. The van der Waals surface area contributed by atoms with E-state index in [2.05, 4.69) is 15.0 Å². The Morgan fingerprint density at radius 2 is 1.96 bits per heavy atom. The van der Waals surface area contributed by atoms with E-state index < -0.39 is 22.0 Å². The highest BCUT2D eigenvalue weighted by Gasteiger charge is 2.29. The molecule has 0 radical (unpaired) electrons. The van der Waals surface area contributed by atoms with Gasteiger partial charge in [0.05, 0.1) is 10.2 Å². The van der Waals surface area contributed by atoms with Gasteiger partial charge in [-0.05, 0) is 35.9 Å². The van der Waals surface area contributed by atoms with Crippen LogP contribution in [-0.4, -0.2) is 25.4 Å². The van der Waals surface area contributed by atoms with Gasteiger partial charge in [0.2, 0.25) is 5.91 Å². The first-order chi connectivity index (χ1) is 12.3. The fraction of sp³-hybridized carbons (Fsp3) is 0.294. The van der Waals surface area contributed by atoms with Crippen LogP contribution >= 0.6 is 22.7 Å². The van der Waals surface area contributed by atoms with Crippen molar-refractivity contribution in [2.75, 3.05) is 5.32 Å². The van der Waals surface area contributed by atoms with Gasteiger partial charge in [-0.1, -0.05) is 43.4 Å². The summed E-state index contributed by atoms with van der Waals surface area (Å²) in [5.41, 5.74) is 1.87. The zero-order chi connectivity index (χ0) is 18.9. The second kappa shape index (κ2) is 7.43. The summed E-state index contributed by atoms with van der Waals surface area (Å²) in [6.45, 7) is 5.55. The fourth-order valence-electron chi connectivity index (χ4n) is 2.46. The molecule has 0 fully saturated rings. The van der Waals surface area contributed by atoms with E-state index in [0.717, 1.165) is 27.1 Å². The molecule has 9 heteroatoms. The van der Waals surface area contributed by atoms with Gasteiger partial charge in [0, 0.05) is 0 Å². The van der Waals surface area contributed by atoms with Gasteiger partial charge in [0.15, 0.2) is 5.13 Å². The Hall–Kier alpha value is -1.81. The van der Waals surface area contributed by atoms with Crippen LogP contribution in [0.25, 0.3) is 10.2 Å². The van der Waals surface area contributed by atoms with Gasteiger partial charge < -0.3 is 5.32 Å². The molecule has 26 heavy (non-hydrogen) atoms. The average Bonchev–Trinajstić information content (AvgIpc) is 3.22. The number of thiophene rings is 1. The normalized spacial score (nSPS) is 13.2. The summed E-state index contributed by atoms with van der Waals surface area (Å²) in [7, 11) is -3.74. The number of fused-ring (bicyclic) bond motifs is 1. The Kier molecular flexibility index (Phi) is 5.42. The maximum Gasteiger partial charge on any atom is 0.250 e. The molecule has 0 saturated heterocycles. The van der Waals surface area contributed by atoms with Crippen molar-refractivity contribution < 1.29 is 13.2 Å². The number of amides is 1. The van der Waals surface area contributed by atoms with Gasteiger partial charge in [-0.3, -0.25) is 4.79 Å². The van der Waals surface area contributed by atoms with Crippen LogP contribution in [-0.2, 0) is 14.8 Å². The zero-order valence-electron chi connectivity index (χ0n) is 14.5. The number of sulfonamides is 1. The molecule has 2 heterocycles. The number of carbonyl (C=O) groups excluding carboxylic acids is 1. The standard InChI is InChI=1S/C17H19N3O3S3/c1-10(2)14(20-26(22,23)13-8-5-9-24-13)16(21)19-17-18-15-11(3)6-4-7-12(15)25-17/h4-10,14,20H,1-3H3,(H,18,19,21)/t14-/m0/s1. The van der Waals surface area contributed by atoms with E-state index in [1.54, 1.807) is 25.3 Å². The largest absolute Gasteiger partial charge is 0.301 e. The Balaban J connectivity index is 1.81. The molecule has 1 aromatic carbocycles. The molecule has 2 N–H and O–H groups in total. The maximum atomic E-state index is 12.7. The molecule has 3 rings (SSSR count). The molecular weight excluding hydrogens is 390 g/mol. The molecule has 0 bridgehead atoms. The highest BCUT2D eigenvalue weighted by atomic mass is 32.2. The molecule has 0 unspecified atom stereocenters. The summed E-state index contributed by atoms with van der Waals surface area (Å²) in [4.78, 5) is 17.1. The number of hydrogen-bond acceptors (Lipinski definition) is 6. The summed E-state index contributed by atoms with van der Waals surface area (Å²) in [5, 5.41) is 4.89. The van der Waals surface area contributed by atoms with Crippen molar-refractivity contribution in [1.82, 2.24) is 9.71 Å². The smallest absolute Gasteiger partial charge is 0.250 e. The van der Waals surface area contributed by atoms with Crippen LogP contribution in [0.1, 0.15) is 19.4 Å². The predicted molar refractivity (Wildman–Crippen MR) is 106 cm³/mol. The van der Waals surface area contributed by atoms with E-state index >= 15 is 0 Å². The molecule has 0 spiro atoms. The molecule has 0 saturated carbocycles. The van der Waals surface area contributed by atoms with E-state index in [1.165, 1.54) is 17.4 Å². The Bertz CT molecular complexity index is 1020. The Morgan fingerprint density at radius 3 is 2.58 bits per heavy atom. The fourth-order valence-corrected chi connectivity index (χ4v) is 5.76. The number of rotatable bonds is 6. The second-order valence-corrected chi connectivity index (χ2v) is 10.1. The minimum atomic E-state index is -3.74. The number of aromatic nitrogens is 1. The number of nitrogens with one attached hydrogen (secondary N) is 2. The third-order valence-corrected chi connectivity index (χ3v) is 7.62. The highest BCUT2D eigenvalue weighted by molar-refractivity contribution is 7.91. The molecule has 3 aromatic rings. The maximum absolute atomic E-state index is 12.7. The second-order valence-electron chi connectivity index (χ2n) is 6.20. The van der Waals surface area contributed by atoms with Crippen LogP contribution in [0, 0.1) is 12.8 Å². The summed E-state index contributed by atoms with van der Waals surface area (Å²) < 4.78 is 28.6.